The van der Waals surface area contributed by atoms with E-state index in [-0.39, 0.29) is 0 Å². The molecule has 0 saturated heterocycles. The van der Waals surface area contributed by atoms with E-state index in [9.17, 15) is 0 Å². The van der Waals surface area contributed by atoms with E-state index >= 15 is 0 Å². The number of hydrogen-bond donors (Lipinski definition) is 0. The van der Waals surface area contributed by atoms with Gasteiger partial charge in [-0.15, -0.1) is 0 Å². The maximum Gasteiger partial charge on any atom is 0.182 e. The van der Waals surface area contributed by atoms with Gasteiger partial charge < -0.3 is 4.42 Å². The van der Waals surface area contributed by atoms with Crippen LogP contribution < -0.4 is 0 Å². The summed E-state index contributed by atoms with van der Waals surface area (Å²) in [7, 11) is 0. The Morgan fingerprint density at radius 2 is 1.60 bits per heavy atom. The number of benzene rings is 2. The summed E-state index contributed by atoms with van der Waals surface area (Å²) >= 11 is 0. The first kappa shape index (κ1) is 10.0. The van der Waals surface area contributed by atoms with E-state index in [1.165, 1.54) is 5.39 Å². The van der Waals surface area contributed by atoms with E-state index in [0.29, 0.717) is 0 Å². The number of aromatic nitrogens is 2. The molecule has 0 aliphatic rings. The number of rotatable bonds is 0. The number of hydrogen-bond acceptors (Lipinski definition) is 2. The molecule has 0 aliphatic heterocycles. The minimum atomic E-state index is 0.847. The summed E-state index contributed by atoms with van der Waals surface area (Å²) in [5.41, 5.74) is 4.98. The third kappa shape index (κ3) is 1.08. The van der Waals surface area contributed by atoms with Crippen LogP contribution in [0.1, 0.15) is 0 Å². The molecule has 94 valence electrons. The van der Waals surface area contributed by atoms with Crippen molar-refractivity contribution in [2.75, 3.05) is 0 Å². The first-order valence-corrected chi connectivity index (χ1v) is 6.58. The first-order valence-electron chi connectivity index (χ1n) is 6.58. The molecular weight excluding hydrogens is 248 g/mol. The van der Waals surface area contributed by atoms with Gasteiger partial charge in [-0.25, -0.2) is 4.98 Å². The van der Waals surface area contributed by atoms with E-state index in [0.717, 1.165) is 33.2 Å². The molecule has 0 radical (unpaired) electrons. The molecular formula is C17H10N2O. The highest BCUT2D eigenvalue weighted by molar-refractivity contribution is 6.11. The molecule has 0 N–H and O–H groups in total. The summed E-state index contributed by atoms with van der Waals surface area (Å²) in [4.78, 5) is 4.73. The van der Waals surface area contributed by atoms with Crippen LogP contribution >= 0.6 is 0 Å². The average Bonchev–Trinajstić information content (AvgIpc) is 3.12. The number of para-hydroxylation sites is 3. The van der Waals surface area contributed by atoms with Gasteiger partial charge >= 0.3 is 0 Å². The highest BCUT2D eigenvalue weighted by atomic mass is 16.3. The number of nitrogens with zero attached hydrogens (tertiary/aromatic N) is 2. The van der Waals surface area contributed by atoms with Crippen LogP contribution in [0, 0.1) is 0 Å². The molecule has 3 heterocycles. The van der Waals surface area contributed by atoms with Crippen LogP contribution in [0.15, 0.2) is 65.3 Å². The lowest BCUT2D eigenvalue weighted by Crippen LogP contribution is -1.89. The van der Waals surface area contributed by atoms with E-state index in [1.807, 2.05) is 24.3 Å². The molecule has 0 amide bonds. The van der Waals surface area contributed by atoms with Crippen molar-refractivity contribution < 1.29 is 4.42 Å². The van der Waals surface area contributed by atoms with Crippen molar-refractivity contribution in [2.45, 2.75) is 0 Å². The Morgan fingerprint density at radius 3 is 2.55 bits per heavy atom. The number of imidazole rings is 1. The van der Waals surface area contributed by atoms with Gasteiger partial charge in [-0.1, -0.05) is 30.3 Å². The van der Waals surface area contributed by atoms with Crippen LogP contribution in [0.5, 0.6) is 0 Å². The fourth-order valence-electron chi connectivity index (χ4n) is 3.01. The second-order valence-corrected chi connectivity index (χ2v) is 4.94. The third-order valence-corrected chi connectivity index (χ3v) is 3.86. The maximum atomic E-state index is 5.69. The molecule has 3 aromatic heterocycles. The van der Waals surface area contributed by atoms with Gasteiger partial charge in [-0.2, -0.15) is 0 Å². The van der Waals surface area contributed by atoms with Crippen LogP contribution in [-0.2, 0) is 0 Å². The monoisotopic (exact) mass is 258 g/mol. The zero-order valence-corrected chi connectivity index (χ0v) is 10.6. The highest BCUT2D eigenvalue weighted by Gasteiger charge is 2.14. The summed E-state index contributed by atoms with van der Waals surface area (Å²) < 4.78 is 7.86. The second kappa shape index (κ2) is 3.39. The predicted molar refractivity (Wildman–Crippen MR) is 80.0 cm³/mol. The van der Waals surface area contributed by atoms with Crippen LogP contribution in [0.3, 0.4) is 0 Å². The minimum Gasteiger partial charge on any atom is -0.460 e. The van der Waals surface area contributed by atoms with Crippen LogP contribution in [-0.4, -0.2) is 9.38 Å². The molecule has 0 spiro atoms. The van der Waals surface area contributed by atoms with Gasteiger partial charge in [0.05, 0.1) is 22.8 Å². The van der Waals surface area contributed by atoms with Gasteiger partial charge in [-0.05, 0) is 24.3 Å². The van der Waals surface area contributed by atoms with Gasteiger partial charge in [0.2, 0.25) is 0 Å². The van der Waals surface area contributed by atoms with Crippen molar-refractivity contribution in [2.24, 2.45) is 0 Å². The number of pyridine rings is 1. The smallest absolute Gasteiger partial charge is 0.182 e. The third-order valence-electron chi connectivity index (χ3n) is 3.86. The lowest BCUT2D eigenvalue weighted by Gasteiger charge is -2.04. The van der Waals surface area contributed by atoms with E-state index in [2.05, 4.69) is 34.7 Å². The Balaban J connectivity index is 2.27. The van der Waals surface area contributed by atoms with Gasteiger partial charge in [0, 0.05) is 10.8 Å². The zero-order valence-electron chi connectivity index (χ0n) is 10.6. The lowest BCUT2D eigenvalue weighted by atomic mass is 10.1. The molecule has 0 aliphatic carbocycles. The Labute approximate surface area is 114 Å². The van der Waals surface area contributed by atoms with Crippen molar-refractivity contribution >= 4 is 38.6 Å². The molecule has 0 fully saturated rings. The summed E-state index contributed by atoms with van der Waals surface area (Å²) in [6, 6.07) is 18.6. The molecule has 2 aromatic carbocycles. The zero-order chi connectivity index (χ0) is 13.1. The first-order chi connectivity index (χ1) is 9.93. The maximum absolute atomic E-state index is 5.69. The fraction of sp³-hybridized carbons (Fsp3) is 0. The molecule has 0 saturated carbocycles. The Bertz CT molecular complexity index is 1100. The quantitative estimate of drug-likeness (QED) is 0.412. The molecule has 5 rings (SSSR count). The normalized spacial score (nSPS) is 12.0. The Morgan fingerprint density at radius 1 is 0.800 bits per heavy atom. The van der Waals surface area contributed by atoms with Crippen LogP contribution in [0.4, 0.5) is 0 Å². The SMILES string of the molecule is c1ccc2c(c1)nc1c3occc3c3ccccc3n21. The summed E-state index contributed by atoms with van der Waals surface area (Å²) in [5.74, 6) is 0. The van der Waals surface area contributed by atoms with Crippen molar-refractivity contribution in [3.63, 3.8) is 0 Å². The number of fused-ring (bicyclic) bond motifs is 8. The molecule has 0 unspecified atom stereocenters. The molecule has 3 nitrogen and oxygen atoms in total. The second-order valence-electron chi connectivity index (χ2n) is 4.94. The number of furan rings is 1. The lowest BCUT2D eigenvalue weighted by molar-refractivity contribution is 0.617. The predicted octanol–water partition coefficient (Wildman–Crippen LogP) is 4.39. The molecule has 0 atom stereocenters. The Hall–Kier alpha value is -2.81. The standard InChI is InChI=1S/C17H10N2O/c1-3-7-14-11(5-1)12-9-10-20-16(12)17-18-13-6-2-4-8-15(13)19(14)17/h1-10H. The summed E-state index contributed by atoms with van der Waals surface area (Å²) in [6.07, 6.45) is 1.73. The van der Waals surface area contributed by atoms with Gasteiger partial charge in [0.25, 0.3) is 0 Å². The van der Waals surface area contributed by atoms with Gasteiger partial charge in [0.15, 0.2) is 11.2 Å². The molecule has 0 bridgehead atoms. The summed E-state index contributed by atoms with van der Waals surface area (Å²) in [5, 5.41) is 2.30. The van der Waals surface area contributed by atoms with Crippen molar-refractivity contribution in [1.29, 1.82) is 0 Å². The highest BCUT2D eigenvalue weighted by Crippen LogP contribution is 2.32. The van der Waals surface area contributed by atoms with E-state index in [1.54, 1.807) is 6.26 Å². The molecule has 3 heteroatoms. The van der Waals surface area contributed by atoms with Crippen molar-refractivity contribution in [3.05, 3.63) is 60.9 Å². The van der Waals surface area contributed by atoms with E-state index < -0.39 is 0 Å². The largest absolute Gasteiger partial charge is 0.460 e. The fourth-order valence-corrected chi connectivity index (χ4v) is 3.01. The molecule has 5 aromatic rings. The van der Waals surface area contributed by atoms with Crippen molar-refractivity contribution in [1.82, 2.24) is 9.38 Å². The van der Waals surface area contributed by atoms with Crippen LogP contribution in [0.2, 0.25) is 0 Å². The van der Waals surface area contributed by atoms with E-state index in [4.69, 9.17) is 9.40 Å². The van der Waals surface area contributed by atoms with Crippen LogP contribution in [0.25, 0.3) is 38.6 Å². The Kier molecular flexibility index (Phi) is 1.70. The molecule has 20 heavy (non-hydrogen) atoms. The minimum absolute atomic E-state index is 0.847. The van der Waals surface area contributed by atoms with Gasteiger partial charge in [-0.3, -0.25) is 4.40 Å². The topological polar surface area (TPSA) is 30.4 Å². The summed E-state index contributed by atoms with van der Waals surface area (Å²) in [6.45, 7) is 0. The van der Waals surface area contributed by atoms with Gasteiger partial charge in [0.1, 0.15) is 0 Å². The average molecular weight is 258 g/mol. The van der Waals surface area contributed by atoms with Crippen molar-refractivity contribution in [3.8, 4) is 0 Å².